The number of rotatable bonds is 0. The zero-order valence-electron chi connectivity index (χ0n) is 6.63. The van der Waals surface area contributed by atoms with Gasteiger partial charge in [-0.25, -0.2) is 0 Å². The first-order valence-corrected chi connectivity index (χ1v) is 11.2. The molecule has 4 heterocycles. The van der Waals surface area contributed by atoms with Crippen LogP contribution in [0.5, 0.6) is 0 Å². The van der Waals surface area contributed by atoms with Gasteiger partial charge in [0.1, 0.15) is 0 Å². The Labute approximate surface area is 102 Å². The molecule has 14 heavy (non-hydrogen) atoms. The summed E-state index contributed by atoms with van der Waals surface area (Å²) in [5.41, 5.74) is 0. The van der Waals surface area contributed by atoms with Crippen molar-refractivity contribution in [3.05, 3.63) is 0 Å². The maximum atomic E-state index is 1.85. The number of benzene rings is 2. The van der Waals surface area contributed by atoms with Gasteiger partial charge in [0.05, 0.1) is 0 Å². The van der Waals surface area contributed by atoms with Crippen molar-refractivity contribution in [2.24, 2.45) is 0 Å². The van der Waals surface area contributed by atoms with Crippen LogP contribution in [-0.2, 0) is 0 Å². The zero-order chi connectivity index (χ0) is 8.60. The second-order valence-electron chi connectivity index (χ2n) is 3.79. The first-order chi connectivity index (χ1) is 6.93. The van der Waals surface area contributed by atoms with Crippen LogP contribution in [0.2, 0.25) is 0 Å². The topological polar surface area (TPSA) is 0 Å². The van der Waals surface area contributed by atoms with Crippen LogP contribution in [0.3, 0.4) is 0 Å². The van der Waals surface area contributed by atoms with Crippen LogP contribution in [0, 0.1) is 0 Å². The molecule has 4 aromatic heterocycles. The average molecular weight is 436 g/mol. The second kappa shape index (κ2) is 1.86. The molecule has 0 aliphatic rings. The monoisotopic (exact) mass is 440 g/mol. The van der Waals surface area contributed by atoms with Crippen molar-refractivity contribution < 1.29 is 0 Å². The van der Waals surface area contributed by atoms with E-state index in [0.717, 1.165) is 58.0 Å². The summed E-state index contributed by atoms with van der Waals surface area (Å²) < 4.78 is 14.7. The second-order valence-corrected chi connectivity index (χ2v) is 12.4. The molecule has 0 spiro atoms. The molecule has 0 radical (unpaired) electrons. The van der Waals surface area contributed by atoms with Crippen LogP contribution in [0.15, 0.2) is 0 Å². The van der Waals surface area contributed by atoms with Gasteiger partial charge in [0, 0.05) is 0 Å². The fourth-order valence-corrected chi connectivity index (χ4v) is 13.2. The Bertz CT molecular complexity index is 839. The number of fused-ring (bicyclic) bond motifs is 11. The standard InChI is InChI=1S/C10Se4/c11-3-1-2(5-9(13-5)7(3)11)6-10(14-6)8-4(1)12-8. The van der Waals surface area contributed by atoms with Crippen molar-refractivity contribution in [1.82, 2.24) is 0 Å². The van der Waals surface area contributed by atoms with Gasteiger partial charge < -0.3 is 0 Å². The van der Waals surface area contributed by atoms with Crippen LogP contribution in [0.25, 0.3) is 44.9 Å². The summed E-state index contributed by atoms with van der Waals surface area (Å²) in [6.45, 7) is 0. The van der Waals surface area contributed by atoms with E-state index < -0.39 is 0 Å². The molecule has 64 valence electrons. The van der Waals surface area contributed by atoms with E-state index in [1.54, 1.807) is 0 Å². The molecule has 0 saturated heterocycles. The first-order valence-electron chi connectivity index (χ1n) is 4.38. The van der Waals surface area contributed by atoms with Crippen molar-refractivity contribution in [3.63, 3.8) is 0 Å². The van der Waals surface area contributed by atoms with Crippen molar-refractivity contribution >= 4 is 103 Å². The SMILES string of the molecule is [se]1c2c3[se]c3c3c4[se]c4c4[se]c4c3c12. The molecule has 0 amide bonds. The van der Waals surface area contributed by atoms with Crippen LogP contribution in [0.1, 0.15) is 0 Å². The van der Waals surface area contributed by atoms with Crippen LogP contribution in [0.4, 0.5) is 0 Å². The molecular weight excluding hydrogens is 436 g/mol. The summed E-state index contributed by atoms with van der Waals surface area (Å²) in [6.07, 6.45) is 0. The molecule has 6 aromatic rings. The Balaban J connectivity index is 2.28. The Morgan fingerprint density at radius 3 is 0.929 bits per heavy atom. The Kier molecular flexibility index (Phi) is 0.953. The van der Waals surface area contributed by atoms with Crippen LogP contribution in [-0.4, -0.2) is 58.0 Å². The summed E-state index contributed by atoms with van der Waals surface area (Å²) >= 11 is 3.30. The maximum absolute atomic E-state index is 1.85. The average Bonchev–Trinajstić information content (AvgIpc) is 3.01. The molecular formula is C10Se4. The first kappa shape index (κ1) is 7.17. The zero-order valence-corrected chi connectivity index (χ0v) is 13.5. The molecule has 0 saturated carbocycles. The summed E-state index contributed by atoms with van der Waals surface area (Å²) in [7, 11) is 0. The van der Waals surface area contributed by atoms with Crippen LogP contribution >= 0.6 is 0 Å². The van der Waals surface area contributed by atoms with Gasteiger partial charge in [-0.3, -0.25) is 0 Å². The molecule has 0 atom stereocenters. The van der Waals surface area contributed by atoms with E-state index in [2.05, 4.69) is 0 Å². The Morgan fingerprint density at radius 1 is 0.357 bits per heavy atom. The number of hydrogen-bond donors (Lipinski definition) is 0. The van der Waals surface area contributed by atoms with Crippen LogP contribution < -0.4 is 0 Å². The summed E-state index contributed by atoms with van der Waals surface area (Å²) in [4.78, 5) is 0. The van der Waals surface area contributed by atoms with Crippen molar-refractivity contribution in [1.29, 1.82) is 0 Å². The molecule has 0 N–H and O–H groups in total. The van der Waals surface area contributed by atoms with Gasteiger partial charge in [-0.05, 0) is 0 Å². The molecule has 0 unspecified atom stereocenters. The van der Waals surface area contributed by atoms with Crippen molar-refractivity contribution in [2.75, 3.05) is 0 Å². The van der Waals surface area contributed by atoms with E-state index in [9.17, 15) is 0 Å². The minimum atomic E-state index is 0.826. The predicted molar refractivity (Wildman–Crippen MR) is 66.5 cm³/mol. The van der Waals surface area contributed by atoms with E-state index in [-0.39, 0.29) is 0 Å². The van der Waals surface area contributed by atoms with Gasteiger partial charge in [0.15, 0.2) is 0 Å². The molecule has 0 bridgehead atoms. The minimum absolute atomic E-state index is 0.826. The van der Waals surface area contributed by atoms with Gasteiger partial charge in [0.25, 0.3) is 0 Å². The summed E-state index contributed by atoms with van der Waals surface area (Å²) in [5.74, 6) is 0. The van der Waals surface area contributed by atoms with Gasteiger partial charge in [-0.2, -0.15) is 0 Å². The van der Waals surface area contributed by atoms with E-state index >= 15 is 0 Å². The normalized spacial score (nSPS) is 15.1. The molecule has 0 aliphatic carbocycles. The van der Waals surface area contributed by atoms with Gasteiger partial charge in [-0.1, -0.05) is 0 Å². The molecule has 4 heteroatoms. The molecule has 0 fully saturated rings. The quantitative estimate of drug-likeness (QED) is 0.317. The third kappa shape index (κ3) is 0.636. The predicted octanol–water partition coefficient (Wildman–Crippen LogP) is 1.43. The molecule has 6 rings (SSSR count). The van der Waals surface area contributed by atoms with Gasteiger partial charge >= 0.3 is 103 Å². The van der Waals surface area contributed by atoms with Gasteiger partial charge in [0.2, 0.25) is 0 Å². The molecule has 0 nitrogen and oxygen atoms in total. The van der Waals surface area contributed by atoms with Crippen molar-refractivity contribution in [3.8, 4) is 0 Å². The number of hydrogen-bond acceptors (Lipinski definition) is 0. The van der Waals surface area contributed by atoms with E-state index in [1.807, 2.05) is 44.9 Å². The van der Waals surface area contributed by atoms with E-state index in [0.29, 0.717) is 0 Å². The molecule has 0 aliphatic heterocycles. The third-order valence-corrected chi connectivity index (χ3v) is 12.9. The Morgan fingerprint density at radius 2 is 0.643 bits per heavy atom. The van der Waals surface area contributed by atoms with Gasteiger partial charge in [-0.15, -0.1) is 0 Å². The molecule has 2 aromatic carbocycles. The fourth-order valence-electron chi connectivity index (χ4n) is 2.22. The third-order valence-electron chi connectivity index (χ3n) is 3.05. The summed E-state index contributed by atoms with van der Waals surface area (Å²) in [5, 5.41) is 3.62. The van der Waals surface area contributed by atoms with E-state index in [1.165, 1.54) is 0 Å². The Hall–Kier alpha value is 0.778. The fraction of sp³-hybridized carbons (Fsp3) is 0. The van der Waals surface area contributed by atoms with Crippen molar-refractivity contribution in [2.45, 2.75) is 0 Å². The van der Waals surface area contributed by atoms with E-state index in [4.69, 9.17) is 0 Å². The summed E-state index contributed by atoms with van der Waals surface area (Å²) in [6, 6.07) is 0.